The molecular weight excluding hydrogens is 274 g/mol. The first-order valence-electron chi connectivity index (χ1n) is 6.73. The van der Waals surface area contributed by atoms with E-state index in [9.17, 15) is 14.4 Å². The number of carbonyl (C=O) groups is 3. The maximum atomic E-state index is 12.3. The predicted molar refractivity (Wildman–Crippen MR) is 77.0 cm³/mol. The molecule has 21 heavy (non-hydrogen) atoms. The van der Waals surface area contributed by atoms with E-state index in [4.69, 9.17) is 4.74 Å². The number of anilines is 2. The third kappa shape index (κ3) is 2.81. The van der Waals surface area contributed by atoms with Crippen molar-refractivity contribution in [1.29, 1.82) is 0 Å². The van der Waals surface area contributed by atoms with Crippen molar-refractivity contribution in [3.63, 3.8) is 0 Å². The summed E-state index contributed by atoms with van der Waals surface area (Å²) in [6, 6.07) is 4.95. The van der Waals surface area contributed by atoms with Crippen LogP contribution in [0.5, 0.6) is 0 Å². The Balaban J connectivity index is 2.45. The van der Waals surface area contributed by atoms with E-state index in [-0.39, 0.29) is 6.61 Å². The molecule has 1 aromatic rings. The molecular formula is C14H17N3O4. The first-order valence-corrected chi connectivity index (χ1v) is 6.73. The minimum absolute atomic E-state index is 0.132. The Morgan fingerprint density at radius 2 is 2.05 bits per heavy atom. The summed E-state index contributed by atoms with van der Waals surface area (Å²) in [5, 5.41) is 5.22. The topological polar surface area (TPSA) is 87.7 Å². The molecule has 7 heteroatoms. The molecule has 3 amide bonds. The van der Waals surface area contributed by atoms with Crippen LogP contribution in [0.25, 0.3) is 0 Å². The number of nitrogens with zero attached hydrogens (tertiary/aromatic N) is 1. The fourth-order valence-corrected chi connectivity index (χ4v) is 2.14. The summed E-state index contributed by atoms with van der Waals surface area (Å²) in [5.41, 5.74) is 0.940. The van der Waals surface area contributed by atoms with Gasteiger partial charge in [-0.15, -0.1) is 0 Å². The lowest BCUT2D eigenvalue weighted by Gasteiger charge is -2.34. The highest BCUT2D eigenvalue weighted by Gasteiger charge is 2.42. The number of ether oxygens (including phenoxy) is 1. The maximum absolute atomic E-state index is 12.3. The number of hydrogen-bond acceptors (Lipinski definition) is 4. The number of fused-ring (bicyclic) bond motifs is 1. The average molecular weight is 291 g/mol. The van der Waals surface area contributed by atoms with Crippen molar-refractivity contribution < 1.29 is 19.1 Å². The van der Waals surface area contributed by atoms with Crippen LogP contribution in [0.4, 0.5) is 16.2 Å². The van der Waals surface area contributed by atoms with E-state index in [1.54, 1.807) is 38.1 Å². The van der Waals surface area contributed by atoms with E-state index in [1.165, 1.54) is 0 Å². The molecule has 1 heterocycles. The van der Waals surface area contributed by atoms with E-state index < -0.39 is 23.9 Å². The van der Waals surface area contributed by atoms with E-state index in [2.05, 4.69) is 10.6 Å². The molecule has 1 unspecified atom stereocenters. The summed E-state index contributed by atoms with van der Waals surface area (Å²) in [6.45, 7) is 3.92. The number of esters is 1. The Hall–Kier alpha value is -2.57. The molecule has 0 aromatic heterocycles. The second kappa shape index (κ2) is 6.25. The van der Waals surface area contributed by atoms with Gasteiger partial charge in [-0.3, -0.25) is 9.69 Å². The summed E-state index contributed by atoms with van der Waals surface area (Å²) in [7, 11) is 0. The summed E-state index contributed by atoms with van der Waals surface area (Å²) >= 11 is 0. The van der Waals surface area contributed by atoms with Crippen LogP contribution in [-0.2, 0) is 14.3 Å². The highest BCUT2D eigenvalue weighted by atomic mass is 16.5. The van der Waals surface area contributed by atoms with Gasteiger partial charge in [0.25, 0.3) is 5.91 Å². The van der Waals surface area contributed by atoms with E-state index in [0.717, 1.165) is 4.90 Å². The molecule has 0 spiro atoms. The molecule has 1 aliphatic rings. The molecule has 0 saturated heterocycles. The smallest absolute Gasteiger partial charge is 0.339 e. The van der Waals surface area contributed by atoms with Crippen LogP contribution >= 0.6 is 0 Å². The Kier molecular flexibility index (Phi) is 4.42. The van der Waals surface area contributed by atoms with Crippen molar-refractivity contribution in [3.05, 3.63) is 24.3 Å². The number of nitrogens with one attached hydrogen (secondary N) is 2. The minimum atomic E-state index is -1.33. The lowest BCUT2D eigenvalue weighted by molar-refractivity contribution is -0.147. The van der Waals surface area contributed by atoms with Crippen LogP contribution < -0.4 is 15.5 Å². The Morgan fingerprint density at radius 3 is 2.71 bits per heavy atom. The zero-order valence-electron chi connectivity index (χ0n) is 11.9. The summed E-state index contributed by atoms with van der Waals surface area (Å²) < 4.78 is 4.90. The van der Waals surface area contributed by atoms with Gasteiger partial charge in [0.05, 0.1) is 18.0 Å². The summed E-state index contributed by atoms with van der Waals surface area (Å²) in [5.74, 6) is -1.34. The largest absolute Gasteiger partial charge is 0.464 e. The van der Waals surface area contributed by atoms with Crippen LogP contribution in [0.3, 0.4) is 0 Å². The van der Waals surface area contributed by atoms with Crippen LogP contribution in [0.15, 0.2) is 24.3 Å². The molecule has 7 nitrogen and oxygen atoms in total. The van der Waals surface area contributed by atoms with Crippen molar-refractivity contribution in [3.8, 4) is 0 Å². The zero-order chi connectivity index (χ0) is 15.4. The molecule has 112 valence electrons. The van der Waals surface area contributed by atoms with Crippen molar-refractivity contribution in [2.24, 2.45) is 0 Å². The van der Waals surface area contributed by atoms with Crippen molar-refractivity contribution in [2.75, 3.05) is 23.4 Å². The second-order valence-corrected chi connectivity index (χ2v) is 4.37. The second-order valence-electron chi connectivity index (χ2n) is 4.37. The quantitative estimate of drug-likeness (QED) is 0.645. The van der Waals surface area contributed by atoms with Gasteiger partial charge < -0.3 is 15.4 Å². The van der Waals surface area contributed by atoms with Gasteiger partial charge in [-0.2, -0.15) is 0 Å². The van der Waals surface area contributed by atoms with Gasteiger partial charge in [0, 0.05) is 6.54 Å². The number of carbonyl (C=O) groups excluding carboxylic acids is 3. The molecule has 2 N–H and O–H groups in total. The Bertz CT molecular complexity index is 573. The molecule has 1 atom stereocenters. The van der Waals surface area contributed by atoms with Crippen molar-refractivity contribution >= 4 is 29.3 Å². The third-order valence-corrected chi connectivity index (χ3v) is 2.98. The third-order valence-electron chi connectivity index (χ3n) is 2.98. The number of amides is 3. The minimum Gasteiger partial charge on any atom is -0.464 e. The van der Waals surface area contributed by atoms with Crippen molar-refractivity contribution in [2.45, 2.75) is 19.9 Å². The standard InChI is InChI=1S/C14H17N3O4/c1-3-15-14(20)17-10-8-6-5-7-9(10)16-12(18)11(17)13(19)21-4-2/h5-8,11H,3-4H2,1-2H3,(H,15,20)(H,16,18). The fraction of sp³-hybridized carbons (Fsp3) is 0.357. The predicted octanol–water partition coefficient (Wildman–Crippen LogP) is 1.11. The number of benzene rings is 1. The molecule has 2 rings (SSSR count). The van der Waals surface area contributed by atoms with E-state index >= 15 is 0 Å². The highest BCUT2D eigenvalue weighted by Crippen LogP contribution is 2.32. The molecule has 0 fully saturated rings. The van der Waals surface area contributed by atoms with Gasteiger partial charge >= 0.3 is 12.0 Å². The van der Waals surface area contributed by atoms with Gasteiger partial charge in [0.1, 0.15) is 0 Å². The first-order chi connectivity index (χ1) is 10.1. The number of rotatable bonds is 3. The van der Waals surface area contributed by atoms with Crippen LogP contribution in [0.2, 0.25) is 0 Å². The Labute approximate surface area is 122 Å². The van der Waals surface area contributed by atoms with E-state index in [1.807, 2.05) is 0 Å². The maximum Gasteiger partial charge on any atom is 0.339 e. The lowest BCUT2D eigenvalue weighted by Crippen LogP contribution is -2.58. The lowest BCUT2D eigenvalue weighted by atomic mass is 10.1. The van der Waals surface area contributed by atoms with Crippen LogP contribution in [-0.4, -0.2) is 37.1 Å². The van der Waals surface area contributed by atoms with E-state index in [0.29, 0.717) is 17.9 Å². The number of para-hydroxylation sites is 2. The fourth-order valence-electron chi connectivity index (χ4n) is 2.14. The molecule has 0 radical (unpaired) electrons. The normalized spacial score (nSPS) is 16.8. The first kappa shape index (κ1) is 14.8. The Morgan fingerprint density at radius 1 is 1.33 bits per heavy atom. The monoisotopic (exact) mass is 291 g/mol. The molecule has 1 aliphatic heterocycles. The van der Waals surface area contributed by atoms with Gasteiger partial charge in [-0.05, 0) is 26.0 Å². The number of urea groups is 1. The summed E-state index contributed by atoms with van der Waals surface area (Å²) in [6.07, 6.45) is 0. The van der Waals surface area contributed by atoms with Crippen LogP contribution in [0, 0.1) is 0 Å². The highest BCUT2D eigenvalue weighted by molar-refractivity contribution is 6.20. The van der Waals surface area contributed by atoms with Gasteiger partial charge in [-0.1, -0.05) is 12.1 Å². The van der Waals surface area contributed by atoms with Crippen molar-refractivity contribution in [1.82, 2.24) is 5.32 Å². The van der Waals surface area contributed by atoms with Gasteiger partial charge in [-0.25, -0.2) is 9.59 Å². The zero-order valence-corrected chi connectivity index (χ0v) is 11.9. The van der Waals surface area contributed by atoms with Gasteiger partial charge in [0.2, 0.25) is 6.04 Å². The van der Waals surface area contributed by atoms with Crippen LogP contribution in [0.1, 0.15) is 13.8 Å². The average Bonchev–Trinajstić information content (AvgIpc) is 2.46. The molecule has 0 bridgehead atoms. The molecule has 0 saturated carbocycles. The van der Waals surface area contributed by atoms with Gasteiger partial charge in [0.15, 0.2) is 0 Å². The summed E-state index contributed by atoms with van der Waals surface area (Å²) in [4.78, 5) is 37.6. The molecule has 0 aliphatic carbocycles. The molecule has 1 aromatic carbocycles. The SMILES string of the molecule is CCNC(=O)N1c2ccccc2NC(=O)C1C(=O)OCC. The number of hydrogen-bond donors (Lipinski definition) is 2.